The van der Waals surface area contributed by atoms with E-state index in [0.717, 1.165) is 18.3 Å². The number of carbonyl (C=O) groups excluding carboxylic acids is 2. The number of Topliss-reactive ketones (excluding diaryl/α,β-unsaturated/α-hetero) is 1. The number of hydrogen-bond acceptors (Lipinski definition) is 2. The van der Waals surface area contributed by atoms with Gasteiger partial charge in [0.25, 0.3) is 0 Å². The minimum Gasteiger partial charge on any atom is -0.303 e. The molecule has 0 saturated heterocycles. The molecule has 1 aromatic carbocycles. The molecule has 0 spiro atoms. The fourth-order valence-electron chi connectivity index (χ4n) is 2.29. The number of hydrogen-bond donors (Lipinski definition) is 0. The number of aldehydes is 1. The van der Waals surface area contributed by atoms with Crippen LogP contribution in [0.3, 0.4) is 0 Å². The van der Waals surface area contributed by atoms with Crippen LogP contribution in [0.25, 0.3) is 0 Å². The van der Waals surface area contributed by atoms with Gasteiger partial charge in [-0.25, -0.2) is 0 Å². The predicted molar refractivity (Wildman–Crippen MR) is 103 cm³/mol. The van der Waals surface area contributed by atoms with Crippen LogP contribution in [0, 0.1) is 0 Å². The third-order valence-electron chi connectivity index (χ3n) is 3.56. The molecular weight excluding hydrogens is 296 g/mol. The monoisotopic (exact) mass is 326 g/mol. The highest BCUT2D eigenvalue weighted by Gasteiger charge is 2.14. The van der Waals surface area contributed by atoms with E-state index in [0.29, 0.717) is 24.8 Å². The summed E-state index contributed by atoms with van der Waals surface area (Å²) < 4.78 is 0. The van der Waals surface area contributed by atoms with Gasteiger partial charge in [-0.3, -0.25) is 4.79 Å². The van der Waals surface area contributed by atoms with Crippen LogP contribution in [0.15, 0.2) is 66.8 Å². The first kappa shape index (κ1) is 21.8. The standard InChI is InChI=1S/C20H24O2.C2H6/c1-3-5-7-10-17(4-2)20(22)14-13-19(15-16-21)18-11-8-6-9-12-18;1-2/h4-12,16,19H,2-3,13-15H2,1H3;1-2H3/b7-5-,17-10+;/t19-;/m0./s1. The maximum Gasteiger partial charge on any atom is 0.162 e. The lowest BCUT2D eigenvalue weighted by atomic mass is 9.90. The molecule has 0 amide bonds. The van der Waals surface area contributed by atoms with Gasteiger partial charge in [-0.1, -0.05) is 82.0 Å². The molecule has 0 radical (unpaired) electrons. The molecule has 1 atom stereocenters. The molecule has 0 saturated carbocycles. The van der Waals surface area contributed by atoms with Crippen molar-refractivity contribution in [1.82, 2.24) is 0 Å². The van der Waals surface area contributed by atoms with E-state index in [1.165, 1.54) is 0 Å². The third kappa shape index (κ3) is 8.42. The molecular formula is C22H30O2. The third-order valence-corrected chi connectivity index (χ3v) is 3.56. The maximum atomic E-state index is 12.2. The van der Waals surface area contributed by atoms with Crippen molar-refractivity contribution in [2.75, 3.05) is 0 Å². The Bertz CT molecular complexity index is 538. The van der Waals surface area contributed by atoms with E-state index in [4.69, 9.17) is 0 Å². The molecule has 0 heterocycles. The molecule has 1 rings (SSSR count). The van der Waals surface area contributed by atoms with Gasteiger partial charge in [0.15, 0.2) is 5.78 Å². The lowest BCUT2D eigenvalue weighted by Gasteiger charge is -2.14. The van der Waals surface area contributed by atoms with Gasteiger partial charge in [0.1, 0.15) is 6.29 Å². The highest BCUT2D eigenvalue weighted by Crippen LogP contribution is 2.24. The van der Waals surface area contributed by atoms with Crippen molar-refractivity contribution in [2.24, 2.45) is 0 Å². The Morgan fingerprint density at radius 1 is 1.21 bits per heavy atom. The highest BCUT2D eigenvalue weighted by atomic mass is 16.1. The van der Waals surface area contributed by atoms with E-state index in [2.05, 4.69) is 6.58 Å². The molecule has 130 valence electrons. The first-order chi connectivity index (χ1) is 11.7. The second-order valence-corrected chi connectivity index (χ2v) is 5.13. The summed E-state index contributed by atoms with van der Waals surface area (Å²) in [5.74, 6) is 0.169. The molecule has 0 aliphatic rings. The molecule has 0 fully saturated rings. The van der Waals surface area contributed by atoms with Crippen LogP contribution in [-0.2, 0) is 9.59 Å². The van der Waals surface area contributed by atoms with Gasteiger partial charge in [0.05, 0.1) is 0 Å². The molecule has 0 unspecified atom stereocenters. The number of ketones is 1. The highest BCUT2D eigenvalue weighted by molar-refractivity contribution is 5.98. The van der Waals surface area contributed by atoms with Crippen LogP contribution >= 0.6 is 0 Å². The summed E-state index contributed by atoms with van der Waals surface area (Å²) in [5, 5.41) is 0. The maximum absolute atomic E-state index is 12.2. The second kappa shape index (κ2) is 14.4. The number of allylic oxidation sites excluding steroid dienone is 5. The number of carbonyl (C=O) groups is 2. The van der Waals surface area contributed by atoms with E-state index in [1.807, 2.05) is 63.3 Å². The summed E-state index contributed by atoms with van der Waals surface area (Å²) in [4.78, 5) is 23.1. The average Bonchev–Trinajstić information content (AvgIpc) is 2.64. The van der Waals surface area contributed by atoms with Crippen molar-refractivity contribution >= 4 is 12.1 Å². The van der Waals surface area contributed by atoms with Crippen molar-refractivity contribution in [1.29, 1.82) is 0 Å². The molecule has 1 aromatic rings. The van der Waals surface area contributed by atoms with Crippen molar-refractivity contribution in [3.05, 3.63) is 72.4 Å². The average molecular weight is 326 g/mol. The Balaban J connectivity index is 0.00000254. The summed E-state index contributed by atoms with van der Waals surface area (Å²) >= 11 is 0. The quantitative estimate of drug-likeness (QED) is 0.309. The summed E-state index contributed by atoms with van der Waals surface area (Å²) in [5.41, 5.74) is 1.74. The van der Waals surface area contributed by atoms with Gasteiger partial charge >= 0.3 is 0 Å². The lowest BCUT2D eigenvalue weighted by Crippen LogP contribution is -2.06. The van der Waals surface area contributed by atoms with Crippen LogP contribution < -0.4 is 0 Å². The molecule has 2 nitrogen and oxygen atoms in total. The summed E-state index contributed by atoms with van der Waals surface area (Å²) in [7, 11) is 0. The van der Waals surface area contributed by atoms with Crippen LogP contribution in [0.2, 0.25) is 0 Å². The summed E-state index contributed by atoms with van der Waals surface area (Å²) in [6.07, 6.45) is 10.7. The first-order valence-electron chi connectivity index (χ1n) is 8.74. The minimum atomic E-state index is 0.0718. The van der Waals surface area contributed by atoms with Gasteiger partial charge in [-0.15, -0.1) is 0 Å². The molecule has 0 aromatic heterocycles. The van der Waals surface area contributed by atoms with E-state index in [9.17, 15) is 9.59 Å². The van der Waals surface area contributed by atoms with Crippen molar-refractivity contribution in [3.8, 4) is 0 Å². The molecule has 0 aliphatic heterocycles. The summed E-state index contributed by atoms with van der Waals surface area (Å²) in [6, 6.07) is 9.88. The molecule has 0 aliphatic carbocycles. The Morgan fingerprint density at radius 2 is 1.88 bits per heavy atom. The normalized spacial score (nSPS) is 12.2. The van der Waals surface area contributed by atoms with Crippen molar-refractivity contribution in [2.45, 2.75) is 52.4 Å². The van der Waals surface area contributed by atoms with Crippen LogP contribution in [0.4, 0.5) is 0 Å². The lowest BCUT2D eigenvalue weighted by molar-refractivity contribution is -0.115. The van der Waals surface area contributed by atoms with Gasteiger partial charge in [-0.05, 0) is 24.3 Å². The molecule has 24 heavy (non-hydrogen) atoms. The van der Waals surface area contributed by atoms with Crippen molar-refractivity contribution in [3.63, 3.8) is 0 Å². The fourth-order valence-corrected chi connectivity index (χ4v) is 2.29. The largest absolute Gasteiger partial charge is 0.303 e. The zero-order valence-electron chi connectivity index (χ0n) is 15.2. The topological polar surface area (TPSA) is 34.1 Å². The van der Waals surface area contributed by atoms with Gasteiger partial charge < -0.3 is 4.79 Å². The molecule has 2 heteroatoms. The molecule has 0 N–H and O–H groups in total. The Morgan fingerprint density at radius 3 is 2.42 bits per heavy atom. The summed E-state index contributed by atoms with van der Waals surface area (Å²) in [6.45, 7) is 9.75. The predicted octanol–water partition coefficient (Wildman–Crippen LogP) is 5.81. The van der Waals surface area contributed by atoms with E-state index >= 15 is 0 Å². The minimum absolute atomic E-state index is 0.0718. The molecule has 0 bridgehead atoms. The fraction of sp³-hybridized carbons (Fsp3) is 0.364. The second-order valence-electron chi connectivity index (χ2n) is 5.13. The zero-order chi connectivity index (χ0) is 18.2. The van der Waals surface area contributed by atoms with E-state index in [1.54, 1.807) is 12.2 Å². The Hall–Kier alpha value is -2.22. The zero-order valence-corrected chi connectivity index (χ0v) is 15.2. The number of rotatable bonds is 10. The van der Waals surface area contributed by atoms with Crippen LogP contribution in [-0.4, -0.2) is 12.1 Å². The SMILES string of the molecule is C=C/C(=C\C=C/CC)C(=O)CC[C@@H](CC=O)c1ccccc1.CC. The van der Waals surface area contributed by atoms with E-state index in [-0.39, 0.29) is 11.7 Å². The smallest absolute Gasteiger partial charge is 0.162 e. The van der Waals surface area contributed by atoms with Gasteiger partial charge in [0, 0.05) is 18.4 Å². The Labute approximate surface area is 147 Å². The van der Waals surface area contributed by atoms with Crippen LogP contribution in [0.1, 0.15) is 57.9 Å². The van der Waals surface area contributed by atoms with Crippen molar-refractivity contribution < 1.29 is 9.59 Å². The first-order valence-corrected chi connectivity index (χ1v) is 8.74. The van der Waals surface area contributed by atoms with Gasteiger partial charge in [-0.2, -0.15) is 0 Å². The van der Waals surface area contributed by atoms with E-state index < -0.39 is 0 Å². The number of benzene rings is 1. The van der Waals surface area contributed by atoms with Gasteiger partial charge in [0.2, 0.25) is 0 Å². The van der Waals surface area contributed by atoms with Crippen LogP contribution in [0.5, 0.6) is 0 Å². The Kier molecular flexibility index (Phi) is 13.0.